The Morgan fingerprint density at radius 1 is 1.33 bits per heavy atom. The van der Waals surface area contributed by atoms with Gasteiger partial charge in [-0.05, 0) is 25.0 Å². The minimum absolute atomic E-state index is 0.0511. The predicted molar refractivity (Wildman–Crippen MR) is 81.0 cm³/mol. The second-order valence-corrected chi connectivity index (χ2v) is 4.99. The summed E-state index contributed by atoms with van der Waals surface area (Å²) in [6, 6.07) is 4.13. The van der Waals surface area contributed by atoms with E-state index in [1.54, 1.807) is 0 Å². The molecular formula is C15H22N2O4. The van der Waals surface area contributed by atoms with Gasteiger partial charge in [-0.3, -0.25) is 0 Å². The number of rotatable bonds is 6. The summed E-state index contributed by atoms with van der Waals surface area (Å²) in [7, 11) is 1.39. The number of hydrogen-bond donors (Lipinski definition) is 3. The van der Waals surface area contributed by atoms with Crippen LogP contribution in [0.3, 0.4) is 0 Å². The van der Waals surface area contributed by atoms with Crippen molar-refractivity contribution < 1.29 is 19.4 Å². The number of urea groups is 1. The van der Waals surface area contributed by atoms with Crippen molar-refractivity contribution in [3.8, 4) is 5.75 Å². The molecule has 0 fully saturated rings. The van der Waals surface area contributed by atoms with Gasteiger partial charge in [-0.1, -0.05) is 20.3 Å². The Hall–Kier alpha value is -2.24. The maximum atomic E-state index is 11.9. The normalized spacial score (nSPS) is 13.1. The Morgan fingerprint density at radius 3 is 2.52 bits per heavy atom. The van der Waals surface area contributed by atoms with Crippen LogP contribution in [-0.4, -0.2) is 30.3 Å². The van der Waals surface area contributed by atoms with E-state index in [0.717, 1.165) is 6.42 Å². The first-order valence-corrected chi connectivity index (χ1v) is 6.87. The molecule has 0 spiro atoms. The molecule has 0 saturated carbocycles. The van der Waals surface area contributed by atoms with Crippen LogP contribution in [0.5, 0.6) is 5.75 Å². The van der Waals surface area contributed by atoms with Crippen molar-refractivity contribution in [2.45, 2.75) is 33.2 Å². The molecule has 2 amide bonds. The van der Waals surface area contributed by atoms with Crippen LogP contribution in [0, 0.1) is 5.92 Å². The lowest BCUT2D eigenvalue weighted by Gasteiger charge is -2.20. The van der Waals surface area contributed by atoms with E-state index in [2.05, 4.69) is 24.5 Å². The van der Waals surface area contributed by atoms with Gasteiger partial charge in [-0.25, -0.2) is 9.59 Å². The van der Waals surface area contributed by atoms with E-state index in [1.807, 2.05) is 6.92 Å². The Morgan fingerprint density at radius 2 is 2.00 bits per heavy atom. The highest BCUT2D eigenvalue weighted by Gasteiger charge is 2.15. The molecule has 1 aromatic carbocycles. The highest BCUT2D eigenvalue weighted by Crippen LogP contribution is 2.23. The van der Waals surface area contributed by atoms with Crippen LogP contribution < -0.4 is 15.4 Å². The monoisotopic (exact) mass is 294 g/mol. The van der Waals surface area contributed by atoms with Crippen molar-refractivity contribution in [1.29, 1.82) is 0 Å². The zero-order valence-electron chi connectivity index (χ0n) is 12.8. The zero-order chi connectivity index (χ0) is 16.0. The molecular weight excluding hydrogens is 272 g/mol. The third-order valence-electron chi connectivity index (χ3n) is 3.55. The SMILES string of the molecule is CCC(C)C(C)NC(=O)Nc1ccc(C(=O)O)c(OC)c1. The van der Waals surface area contributed by atoms with E-state index >= 15 is 0 Å². The fourth-order valence-electron chi connectivity index (χ4n) is 1.82. The summed E-state index contributed by atoms with van der Waals surface area (Å²) in [5, 5.41) is 14.5. The number of aromatic carboxylic acids is 1. The lowest BCUT2D eigenvalue weighted by atomic mass is 10.0. The second-order valence-electron chi connectivity index (χ2n) is 4.99. The fourth-order valence-corrected chi connectivity index (χ4v) is 1.82. The van der Waals surface area contributed by atoms with E-state index in [1.165, 1.54) is 25.3 Å². The van der Waals surface area contributed by atoms with Crippen molar-refractivity contribution >= 4 is 17.7 Å². The molecule has 0 aliphatic carbocycles. The van der Waals surface area contributed by atoms with Crippen molar-refractivity contribution in [3.05, 3.63) is 23.8 Å². The number of amides is 2. The van der Waals surface area contributed by atoms with Crippen LogP contribution in [0.4, 0.5) is 10.5 Å². The molecule has 2 unspecified atom stereocenters. The van der Waals surface area contributed by atoms with Crippen LogP contribution in [0.15, 0.2) is 18.2 Å². The summed E-state index contributed by atoms with van der Waals surface area (Å²) in [6.07, 6.45) is 0.975. The van der Waals surface area contributed by atoms with Crippen LogP contribution in [-0.2, 0) is 0 Å². The molecule has 1 rings (SSSR count). The number of carbonyl (C=O) groups excluding carboxylic acids is 1. The van der Waals surface area contributed by atoms with Gasteiger partial charge in [0.2, 0.25) is 0 Å². The lowest BCUT2D eigenvalue weighted by molar-refractivity contribution is 0.0693. The molecule has 6 heteroatoms. The zero-order valence-corrected chi connectivity index (χ0v) is 12.8. The molecule has 0 radical (unpaired) electrons. The van der Waals surface area contributed by atoms with E-state index < -0.39 is 5.97 Å². The summed E-state index contributed by atoms with van der Waals surface area (Å²) in [5.74, 6) is -0.497. The molecule has 0 aromatic heterocycles. The minimum Gasteiger partial charge on any atom is -0.496 e. The number of benzene rings is 1. The number of nitrogens with one attached hydrogen (secondary N) is 2. The molecule has 0 aliphatic heterocycles. The molecule has 116 valence electrons. The highest BCUT2D eigenvalue weighted by molar-refractivity contribution is 5.94. The molecule has 0 aliphatic rings. The first-order chi connectivity index (χ1) is 9.88. The molecule has 21 heavy (non-hydrogen) atoms. The minimum atomic E-state index is -1.08. The molecule has 0 heterocycles. The van der Waals surface area contributed by atoms with Crippen LogP contribution in [0.1, 0.15) is 37.6 Å². The molecule has 6 nitrogen and oxygen atoms in total. The average molecular weight is 294 g/mol. The van der Waals surface area contributed by atoms with E-state index in [9.17, 15) is 9.59 Å². The Kier molecular flexibility index (Phi) is 6.02. The van der Waals surface area contributed by atoms with Gasteiger partial charge in [-0.15, -0.1) is 0 Å². The van der Waals surface area contributed by atoms with Gasteiger partial charge in [0.15, 0.2) is 0 Å². The molecule has 2 atom stereocenters. The van der Waals surface area contributed by atoms with Crippen LogP contribution in [0.25, 0.3) is 0 Å². The summed E-state index contributed by atoms with van der Waals surface area (Å²) >= 11 is 0. The summed E-state index contributed by atoms with van der Waals surface area (Å²) in [6.45, 7) is 6.08. The fraction of sp³-hybridized carbons (Fsp3) is 0.467. The van der Waals surface area contributed by atoms with Gasteiger partial charge < -0.3 is 20.5 Å². The maximum absolute atomic E-state index is 11.9. The van der Waals surface area contributed by atoms with Gasteiger partial charge in [0.1, 0.15) is 11.3 Å². The smallest absolute Gasteiger partial charge is 0.339 e. The first-order valence-electron chi connectivity index (χ1n) is 6.87. The number of carbonyl (C=O) groups is 2. The number of carboxylic acid groups (broad SMARTS) is 1. The third kappa shape index (κ3) is 4.66. The molecule has 0 saturated heterocycles. The van der Waals surface area contributed by atoms with Gasteiger partial charge in [0.05, 0.1) is 7.11 Å². The van der Waals surface area contributed by atoms with Crippen LogP contribution >= 0.6 is 0 Å². The van der Waals surface area contributed by atoms with Crippen molar-refractivity contribution in [3.63, 3.8) is 0 Å². The average Bonchev–Trinajstić information content (AvgIpc) is 2.45. The number of methoxy groups -OCH3 is 1. The van der Waals surface area contributed by atoms with Gasteiger partial charge in [0.25, 0.3) is 0 Å². The van der Waals surface area contributed by atoms with Crippen molar-refractivity contribution in [1.82, 2.24) is 5.32 Å². The Balaban J connectivity index is 2.75. The van der Waals surface area contributed by atoms with Crippen molar-refractivity contribution in [2.75, 3.05) is 12.4 Å². The second kappa shape index (κ2) is 7.52. The molecule has 3 N–H and O–H groups in total. The van der Waals surface area contributed by atoms with E-state index in [4.69, 9.17) is 9.84 Å². The highest BCUT2D eigenvalue weighted by atomic mass is 16.5. The maximum Gasteiger partial charge on any atom is 0.339 e. The number of ether oxygens (including phenoxy) is 1. The molecule has 1 aromatic rings. The van der Waals surface area contributed by atoms with E-state index in [0.29, 0.717) is 11.6 Å². The van der Waals surface area contributed by atoms with Crippen LogP contribution in [0.2, 0.25) is 0 Å². The first kappa shape index (κ1) is 16.8. The number of anilines is 1. The lowest BCUT2D eigenvalue weighted by Crippen LogP contribution is -2.39. The largest absolute Gasteiger partial charge is 0.496 e. The van der Waals surface area contributed by atoms with Gasteiger partial charge in [0, 0.05) is 17.8 Å². The van der Waals surface area contributed by atoms with E-state index in [-0.39, 0.29) is 23.4 Å². The Labute approximate surface area is 124 Å². The van der Waals surface area contributed by atoms with Crippen molar-refractivity contribution in [2.24, 2.45) is 5.92 Å². The molecule has 0 bridgehead atoms. The summed E-state index contributed by atoms with van der Waals surface area (Å²) < 4.78 is 5.01. The third-order valence-corrected chi connectivity index (χ3v) is 3.55. The topological polar surface area (TPSA) is 87.7 Å². The standard InChI is InChI=1S/C15H22N2O4/c1-5-9(2)10(3)16-15(20)17-11-6-7-12(14(18)19)13(8-11)21-4/h6-10H,5H2,1-4H3,(H,18,19)(H2,16,17,20). The Bertz CT molecular complexity index is 516. The number of hydrogen-bond acceptors (Lipinski definition) is 3. The number of carboxylic acids is 1. The summed E-state index contributed by atoms with van der Waals surface area (Å²) in [4.78, 5) is 22.9. The van der Waals surface area contributed by atoms with Gasteiger partial charge in [-0.2, -0.15) is 0 Å². The van der Waals surface area contributed by atoms with Gasteiger partial charge >= 0.3 is 12.0 Å². The quantitative estimate of drug-likeness (QED) is 0.752. The predicted octanol–water partition coefficient (Wildman–Crippen LogP) is 2.95. The summed E-state index contributed by atoms with van der Waals surface area (Å²) in [5.41, 5.74) is 0.530.